The molecule has 3 heteroatoms. The molecular formula is C9H16N2O. The fourth-order valence-electron chi connectivity index (χ4n) is 1.13. The molecule has 1 aliphatic carbocycles. The third-order valence-corrected chi connectivity index (χ3v) is 2.00. The lowest BCUT2D eigenvalue weighted by Crippen LogP contribution is -2.08. The molecule has 68 valence electrons. The van der Waals surface area contributed by atoms with E-state index in [2.05, 4.69) is 10.2 Å². The fourth-order valence-corrected chi connectivity index (χ4v) is 1.13. The van der Waals surface area contributed by atoms with E-state index >= 15 is 0 Å². The van der Waals surface area contributed by atoms with Gasteiger partial charge in [-0.25, -0.2) is 0 Å². The summed E-state index contributed by atoms with van der Waals surface area (Å²) in [5, 5.41) is 7.72. The van der Waals surface area contributed by atoms with Crippen LogP contribution in [0, 0.1) is 6.92 Å². The number of nitrogens with zero attached hydrogens (tertiary/aromatic N) is 2. The second kappa shape index (κ2) is 4.24. The molecule has 0 amide bonds. The Bertz CT molecular complexity index is 228. The zero-order valence-corrected chi connectivity index (χ0v) is 8.00. The zero-order chi connectivity index (χ0) is 8.97. The molecule has 2 rings (SSSR count). The van der Waals surface area contributed by atoms with Crippen molar-refractivity contribution in [3.63, 3.8) is 0 Å². The minimum Gasteiger partial charge on any atom is -0.425 e. The van der Waals surface area contributed by atoms with Crippen LogP contribution in [-0.2, 0) is 0 Å². The molecule has 0 radical (unpaired) electrons. The predicted molar refractivity (Wildman–Crippen MR) is 47.0 cm³/mol. The third-order valence-electron chi connectivity index (χ3n) is 2.00. The molecule has 1 fully saturated rings. The van der Waals surface area contributed by atoms with Crippen molar-refractivity contribution in [3.05, 3.63) is 11.8 Å². The molecule has 1 aliphatic rings. The summed E-state index contributed by atoms with van der Waals surface area (Å²) in [6.07, 6.45) is 3.76. The third kappa shape index (κ3) is 1.84. The van der Waals surface area contributed by atoms with Gasteiger partial charge in [0.05, 0.1) is 0 Å². The summed E-state index contributed by atoms with van der Waals surface area (Å²) < 4.78 is 5.27. The van der Waals surface area contributed by atoms with Crippen molar-refractivity contribution < 1.29 is 4.42 Å². The van der Waals surface area contributed by atoms with E-state index in [1.165, 1.54) is 19.3 Å². The van der Waals surface area contributed by atoms with Crippen molar-refractivity contribution in [3.8, 4) is 0 Å². The van der Waals surface area contributed by atoms with Gasteiger partial charge in [0.15, 0.2) is 0 Å². The van der Waals surface area contributed by atoms with Gasteiger partial charge in [-0.3, -0.25) is 0 Å². The largest absolute Gasteiger partial charge is 0.425 e. The Labute approximate surface area is 73.2 Å². The maximum Gasteiger partial charge on any atom is 0.219 e. The first-order chi connectivity index (χ1) is 5.86. The average molecular weight is 168 g/mol. The predicted octanol–water partition coefficient (Wildman–Crippen LogP) is 2.67. The first-order valence-corrected chi connectivity index (χ1v) is 4.66. The topological polar surface area (TPSA) is 38.9 Å². The molecule has 0 aliphatic heterocycles. The van der Waals surface area contributed by atoms with Crippen LogP contribution in [0.3, 0.4) is 0 Å². The second-order valence-corrected chi connectivity index (χ2v) is 2.79. The van der Waals surface area contributed by atoms with Crippen molar-refractivity contribution in [1.29, 1.82) is 0 Å². The molecular weight excluding hydrogens is 152 g/mol. The number of rotatable bonds is 1. The number of aryl methyl sites for hydroxylation is 1. The molecule has 0 bridgehead atoms. The van der Waals surface area contributed by atoms with Crippen LogP contribution in [0.1, 0.15) is 50.8 Å². The molecule has 0 atom stereocenters. The summed E-state index contributed by atoms with van der Waals surface area (Å²) in [6, 6.07) is 0. The minimum absolute atomic E-state index is 0.571. The van der Waals surface area contributed by atoms with Crippen molar-refractivity contribution in [1.82, 2.24) is 10.2 Å². The molecule has 0 saturated heterocycles. The monoisotopic (exact) mass is 168 g/mol. The van der Waals surface area contributed by atoms with Crippen molar-refractivity contribution in [2.24, 2.45) is 0 Å². The fraction of sp³-hybridized carbons (Fsp3) is 0.778. The van der Waals surface area contributed by atoms with Gasteiger partial charge in [0.1, 0.15) is 0 Å². The highest BCUT2D eigenvalue weighted by Gasteiger charge is 2.24. The molecule has 1 aromatic heterocycles. The van der Waals surface area contributed by atoms with Crippen LogP contribution < -0.4 is 0 Å². The van der Waals surface area contributed by atoms with Gasteiger partial charge in [0.2, 0.25) is 11.8 Å². The van der Waals surface area contributed by atoms with E-state index < -0.39 is 0 Å². The van der Waals surface area contributed by atoms with Crippen LogP contribution in [-0.4, -0.2) is 10.2 Å². The van der Waals surface area contributed by atoms with Gasteiger partial charge in [-0.1, -0.05) is 20.3 Å². The van der Waals surface area contributed by atoms with E-state index in [-0.39, 0.29) is 0 Å². The Kier molecular flexibility index (Phi) is 3.26. The van der Waals surface area contributed by atoms with Gasteiger partial charge in [-0.15, -0.1) is 10.2 Å². The first-order valence-electron chi connectivity index (χ1n) is 4.66. The van der Waals surface area contributed by atoms with Crippen LogP contribution in [0.2, 0.25) is 0 Å². The van der Waals surface area contributed by atoms with E-state index in [9.17, 15) is 0 Å². The van der Waals surface area contributed by atoms with Crippen LogP contribution in [0.5, 0.6) is 0 Å². The second-order valence-electron chi connectivity index (χ2n) is 2.79. The lowest BCUT2D eigenvalue weighted by Gasteiger charge is -2.20. The Morgan fingerprint density at radius 1 is 1.25 bits per heavy atom. The highest BCUT2D eigenvalue weighted by atomic mass is 16.4. The summed E-state index contributed by atoms with van der Waals surface area (Å²) in [5.41, 5.74) is 0. The van der Waals surface area contributed by atoms with Gasteiger partial charge in [-0.2, -0.15) is 0 Å². The van der Waals surface area contributed by atoms with E-state index in [1.807, 2.05) is 20.8 Å². The van der Waals surface area contributed by atoms with E-state index in [0.717, 1.165) is 5.89 Å². The Balaban J connectivity index is 0.000000336. The average Bonchev–Trinajstić information content (AvgIpc) is 2.37. The summed E-state index contributed by atoms with van der Waals surface area (Å²) in [4.78, 5) is 0. The molecule has 12 heavy (non-hydrogen) atoms. The number of hydrogen-bond acceptors (Lipinski definition) is 3. The van der Waals surface area contributed by atoms with Gasteiger partial charge >= 0.3 is 0 Å². The maximum absolute atomic E-state index is 5.27. The van der Waals surface area contributed by atoms with E-state index in [0.29, 0.717) is 11.8 Å². The van der Waals surface area contributed by atoms with Crippen LogP contribution in [0.4, 0.5) is 0 Å². The molecule has 3 nitrogen and oxygen atoms in total. The Morgan fingerprint density at radius 3 is 2.25 bits per heavy atom. The maximum atomic E-state index is 5.27. The Hall–Kier alpha value is -0.860. The van der Waals surface area contributed by atoms with Crippen molar-refractivity contribution >= 4 is 0 Å². The van der Waals surface area contributed by atoms with Gasteiger partial charge in [0.25, 0.3) is 0 Å². The molecule has 1 heterocycles. The summed E-state index contributed by atoms with van der Waals surface area (Å²) in [7, 11) is 0. The quantitative estimate of drug-likeness (QED) is 0.647. The molecule has 0 unspecified atom stereocenters. The number of aromatic nitrogens is 2. The lowest BCUT2D eigenvalue weighted by atomic mass is 9.85. The molecule has 0 spiro atoms. The number of hydrogen-bond donors (Lipinski definition) is 0. The van der Waals surface area contributed by atoms with Crippen molar-refractivity contribution in [2.75, 3.05) is 0 Å². The standard InChI is InChI=1S/C7H10N2O.C2H6/c1-5-8-9-7(10-5)6-3-2-4-6;1-2/h6H,2-4H2,1H3;1-2H3. The van der Waals surface area contributed by atoms with Gasteiger partial charge in [0, 0.05) is 12.8 Å². The SMILES string of the molecule is CC.Cc1nnc(C2CCC2)o1. The minimum atomic E-state index is 0.571. The van der Waals surface area contributed by atoms with Crippen LogP contribution in [0.15, 0.2) is 4.42 Å². The Morgan fingerprint density at radius 2 is 1.92 bits per heavy atom. The highest BCUT2D eigenvalue weighted by Crippen LogP contribution is 2.35. The van der Waals surface area contributed by atoms with Crippen molar-refractivity contribution in [2.45, 2.75) is 46.0 Å². The van der Waals surface area contributed by atoms with Gasteiger partial charge < -0.3 is 4.42 Å². The zero-order valence-electron chi connectivity index (χ0n) is 8.00. The van der Waals surface area contributed by atoms with Crippen LogP contribution in [0.25, 0.3) is 0 Å². The van der Waals surface area contributed by atoms with Gasteiger partial charge in [-0.05, 0) is 12.8 Å². The van der Waals surface area contributed by atoms with E-state index in [4.69, 9.17) is 4.42 Å². The normalized spacial score (nSPS) is 16.2. The van der Waals surface area contributed by atoms with E-state index in [1.54, 1.807) is 0 Å². The van der Waals surface area contributed by atoms with Crippen LogP contribution >= 0.6 is 0 Å². The lowest BCUT2D eigenvalue weighted by molar-refractivity contribution is 0.329. The molecule has 1 aromatic rings. The summed E-state index contributed by atoms with van der Waals surface area (Å²) in [6.45, 7) is 5.83. The summed E-state index contributed by atoms with van der Waals surface area (Å²) >= 11 is 0. The highest BCUT2D eigenvalue weighted by molar-refractivity contribution is 4.95. The molecule has 1 saturated carbocycles. The smallest absolute Gasteiger partial charge is 0.219 e. The molecule has 0 aromatic carbocycles. The summed E-state index contributed by atoms with van der Waals surface area (Å²) in [5.74, 6) is 2.09. The molecule has 0 N–H and O–H groups in total. The first kappa shape index (κ1) is 9.23.